The van der Waals surface area contributed by atoms with Gasteiger partial charge >= 0.3 is 5.97 Å². The number of ether oxygens (including phenoxy) is 1. The van der Waals surface area contributed by atoms with Crippen LogP contribution in [0.15, 0.2) is 65.6 Å². The lowest BCUT2D eigenvalue weighted by Gasteiger charge is -2.23. The van der Waals surface area contributed by atoms with Crippen molar-refractivity contribution in [3.05, 3.63) is 66.2 Å². The van der Waals surface area contributed by atoms with Crippen molar-refractivity contribution < 1.29 is 22.7 Å². The third-order valence-corrected chi connectivity index (χ3v) is 7.13. The molecule has 4 atom stereocenters. The Morgan fingerprint density at radius 3 is 2.04 bits per heavy atom. The lowest BCUT2D eigenvalue weighted by Crippen LogP contribution is -2.45. The van der Waals surface area contributed by atoms with Gasteiger partial charge in [-0.05, 0) is 24.6 Å². The SMILES string of the molecule is COC(=O)[C@@H]1N[C@H](c2ccccc2)[C@@H](C(C)=O)[C@@H]1S(=O)(=O)c1ccccc1. The van der Waals surface area contributed by atoms with E-state index in [0.717, 1.165) is 5.56 Å². The van der Waals surface area contributed by atoms with Crippen molar-refractivity contribution in [1.82, 2.24) is 5.32 Å². The van der Waals surface area contributed by atoms with Gasteiger partial charge in [-0.3, -0.25) is 14.9 Å². The first kappa shape index (κ1) is 19.3. The quantitative estimate of drug-likeness (QED) is 0.789. The van der Waals surface area contributed by atoms with E-state index in [-0.39, 0.29) is 10.7 Å². The maximum atomic E-state index is 13.4. The minimum atomic E-state index is -3.96. The molecule has 0 unspecified atom stereocenters. The Kier molecular flexibility index (Phi) is 5.43. The number of Topliss-reactive ketones (excluding diaryl/α,β-unsaturated/α-hetero) is 1. The highest BCUT2D eigenvalue weighted by Crippen LogP contribution is 2.40. The summed E-state index contributed by atoms with van der Waals surface area (Å²) in [6.45, 7) is 1.36. The second kappa shape index (κ2) is 7.62. The number of methoxy groups -OCH3 is 1. The summed E-state index contributed by atoms with van der Waals surface area (Å²) in [5.41, 5.74) is 0.748. The summed E-state index contributed by atoms with van der Waals surface area (Å²) in [4.78, 5) is 25.0. The molecule has 6 nitrogen and oxygen atoms in total. The van der Waals surface area contributed by atoms with Crippen LogP contribution in [0.3, 0.4) is 0 Å². The maximum absolute atomic E-state index is 13.4. The summed E-state index contributed by atoms with van der Waals surface area (Å²) in [5, 5.41) is 1.79. The van der Waals surface area contributed by atoms with Crippen molar-refractivity contribution in [1.29, 1.82) is 0 Å². The van der Waals surface area contributed by atoms with Gasteiger partial charge in [-0.1, -0.05) is 48.5 Å². The van der Waals surface area contributed by atoms with Crippen molar-refractivity contribution in [2.45, 2.75) is 29.2 Å². The van der Waals surface area contributed by atoms with Crippen LogP contribution in [0.25, 0.3) is 0 Å². The van der Waals surface area contributed by atoms with Crippen molar-refractivity contribution in [3.63, 3.8) is 0 Å². The van der Waals surface area contributed by atoms with E-state index >= 15 is 0 Å². The lowest BCUT2D eigenvalue weighted by molar-refractivity contribution is -0.142. The molecule has 0 saturated carbocycles. The van der Waals surface area contributed by atoms with Crippen molar-refractivity contribution >= 4 is 21.6 Å². The fraction of sp³-hybridized carbons (Fsp3) is 0.300. The molecular weight excluding hydrogens is 366 g/mol. The summed E-state index contributed by atoms with van der Waals surface area (Å²) in [7, 11) is -2.76. The summed E-state index contributed by atoms with van der Waals surface area (Å²) < 4.78 is 31.5. The van der Waals surface area contributed by atoms with Crippen LogP contribution in [0.5, 0.6) is 0 Å². The summed E-state index contributed by atoms with van der Waals surface area (Å²) in [5.74, 6) is -1.92. The van der Waals surface area contributed by atoms with Crippen LogP contribution in [-0.4, -0.2) is 38.6 Å². The number of hydrogen-bond acceptors (Lipinski definition) is 6. The first-order chi connectivity index (χ1) is 12.9. The molecular formula is C20H21NO5S. The van der Waals surface area contributed by atoms with Gasteiger partial charge in [-0.2, -0.15) is 0 Å². The Bertz CT molecular complexity index is 927. The van der Waals surface area contributed by atoms with Gasteiger partial charge in [0.15, 0.2) is 9.84 Å². The Morgan fingerprint density at radius 2 is 1.52 bits per heavy atom. The van der Waals surface area contributed by atoms with E-state index in [1.165, 1.54) is 26.2 Å². The molecule has 1 saturated heterocycles. The number of carbonyl (C=O) groups is 2. The van der Waals surface area contributed by atoms with Gasteiger partial charge in [0, 0.05) is 6.04 Å². The molecule has 0 bridgehead atoms. The first-order valence-electron chi connectivity index (χ1n) is 8.56. The van der Waals surface area contributed by atoms with Crippen LogP contribution >= 0.6 is 0 Å². The molecule has 2 aromatic rings. The van der Waals surface area contributed by atoms with Gasteiger partial charge in [0.25, 0.3) is 0 Å². The highest BCUT2D eigenvalue weighted by molar-refractivity contribution is 7.92. The molecule has 1 N–H and O–H groups in total. The molecule has 7 heteroatoms. The molecule has 3 rings (SSSR count). The fourth-order valence-electron chi connectivity index (χ4n) is 3.69. The number of hydrogen-bond donors (Lipinski definition) is 1. The molecule has 2 aromatic carbocycles. The molecule has 27 heavy (non-hydrogen) atoms. The molecule has 0 aliphatic carbocycles. The van der Waals surface area contributed by atoms with Crippen LogP contribution in [-0.2, 0) is 24.2 Å². The first-order valence-corrected chi connectivity index (χ1v) is 10.1. The smallest absolute Gasteiger partial charge is 0.324 e. The van der Waals surface area contributed by atoms with Crippen LogP contribution in [0, 0.1) is 5.92 Å². The van der Waals surface area contributed by atoms with Crippen LogP contribution < -0.4 is 5.32 Å². The Balaban J connectivity index is 2.15. The summed E-state index contributed by atoms with van der Waals surface area (Å²) >= 11 is 0. The number of rotatable bonds is 5. The zero-order valence-corrected chi connectivity index (χ0v) is 15.8. The summed E-state index contributed by atoms with van der Waals surface area (Å²) in [6.07, 6.45) is 0. The topological polar surface area (TPSA) is 89.5 Å². The van der Waals surface area contributed by atoms with Gasteiger partial charge in [-0.25, -0.2) is 8.42 Å². The number of sulfone groups is 1. The number of benzene rings is 2. The molecule has 0 aromatic heterocycles. The maximum Gasteiger partial charge on any atom is 0.324 e. The number of carbonyl (C=O) groups excluding carboxylic acids is 2. The van der Waals surface area contributed by atoms with Crippen LogP contribution in [0.4, 0.5) is 0 Å². The predicted molar refractivity (Wildman–Crippen MR) is 99.7 cm³/mol. The van der Waals surface area contributed by atoms with Gasteiger partial charge in [-0.15, -0.1) is 0 Å². The number of nitrogens with one attached hydrogen (secondary N) is 1. The standard InChI is InChI=1S/C20H21NO5S/c1-13(22)16-17(14-9-5-3-6-10-14)21-18(20(23)26-2)19(16)27(24,25)15-11-7-4-8-12-15/h3-12,16-19,21H,1-2H3/t16-,17-,18-,19+/m1/s1. The summed E-state index contributed by atoms with van der Waals surface area (Å²) in [6, 6.07) is 15.2. The van der Waals surface area contributed by atoms with E-state index in [0.29, 0.717) is 0 Å². The van der Waals surface area contributed by atoms with Crippen LogP contribution in [0.2, 0.25) is 0 Å². The number of ketones is 1. The zero-order valence-electron chi connectivity index (χ0n) is 15.0. The Labute approximate surface area is 158 Å². The monoisotopic (exact) mass is 387 g/mol. The van der Waals surface area contributed by atoms with Crippen LogP contribution in [0.1, 0.15) is 18.5 Å². The molecule has 1 fully saturated rings. The van der Waals surface area contributed by atoms with Crippen molar-refractivity contribution in [3.8, 4) is 0 Å². The van der Waals surface area contributed by atoms with Gasteiger partial charge in [0.05, 0.1) is 17.9 Å². The molecule has 0 spiro atoms. The van der Waals surface area contributed by atoms with E-state index in [9.17, 15) is 18.0 Å². The average molecular weight is 387 g/mol. The van der Waals surface area contributed by atoms with Gasteiger partial charge < -0.3 is 4.74 Å². The highest BCUT2D eigenvalue weighted by Gasteiger charge is 2.55. The lowest BCUT2D eigenvalue weighted by atomic mass is 9.90. The minimum absolute atomic E-state index is 0.0747. The van der Waals surface area contributed by atoms with E-state index in [1.807, 2.05) is 6.07 Å². The Hall–Kier alpha value is -2.51. The zero-order chi connectivity index (χ0) is 19.6. The largest absolute Gasteiger partial charge is 0.468 e. The molecule has 1 aliphatic heterocycles. The average Bonchev–Trinajstić information content (AvgIpc) is 3.10. The predicted octanol–water partition coefficient (Wildman–Crippen LogP) is 1.92. The number of esters is 1. The third-order valence-electron chi connectivity index (χ3n) is 4.91. The highest BCUT2D eigenvalue weighted by atomic mass is 32.2. The minimum Gasteiger partial charge on any atom is -0.468 e. The second-order valence-electron chi connectivity index (χ2n) is 6.51. The van der Waals surface area contributed by atoms with Crippen molar-refractivity contribution in [2.24, 2.45) is 5.92 Å². The fourth-order valence-corrected chi connectivity index (χ4v) is 5.82. The molecule has 1 aliphatic rings. The molecule has 0 amide bonds. The van der Waals surface area contributed by atoms with E-state index in [4.69, 9.17) is 4.74 Å². The van der Waals surface area contributed by atoms with E-state index in [2.05, 4.69) is 5.32 Å². The van der Waals surface area contributed by atoms with E-state index < -0.39 is 39.1 Å². The van der Waals surface area contributed by atoms with Gasteiger partial charge in [0.1, 0.15) is 17.1 Å². The van der Waals surface area contributed by atoms with Gasteiger partial charge in [0.2, 0.25) is 0 Å². The van der Waals surface area contributed by atoms with Crippen molar-refractivity contribution in [2.75, 3.05) is 7.11 Å². The third kappa shape index (κ3) is 3.52. The Morgan fingerprint density at radius 1 is 0.963 bits per heavy atom. The molecule has 1 heterocycles. The normalized spacial score (nSPS) is 25.1. The molecule has 0 radical (unpaired) electrons. The molecule has 142 valence electrons. The second-order valence-corrected chi connectivity index (χ2v) is 8.62. The van der Waals surface area contributed by atoms with E-state index in [1.54, 1.807) is 42.5 Å².